The molecule has 0 aliphatic rings. The van der Waals surface area contributed by atoms with Crippen LogP contribution in [0.1, 0.15) is 29.8 Å². The van der Waals surface area contributed by atoms with Crippen LogP contribution in [0.4, 0.5) is 20.3 Å². The van der Waals surface area contributed by atoms with Crippen molar-refractivity contribution in [2.24, 2.45) is 0 Å². The molecule has 0 saturated heterocycles. The second kappa shape index (κ2) is 7.51. The van der Waals surface area contributed by atoms with Crippen LogP contribution in [0.5, 0.6) is 0 Å². The number of alkyl halides is 2. The molecule has 0 aliphatic carbocycles. The van der Waals surface area contributed by atoms with Crippen molar-refractivity contribution >= 4 is 28.4 Å². The van der Waals surface area contributed by atoms with Gasteiger partial charge in [0.2, 0.25) is 0 Å². The van der Waals surface area contributed by atoms with Crippen LogP contribution in [-0.4, -0.2) is 34.0 Å². The Balaban J connectivity index is 2.01. The molecular weight excluding hydrogens is 368 g/mol. The monoisotopic (exact) mass is 389 g/mol. The first-order valence-corrected chi connectivity index (χ1v) is 8.55. The Hall–Kier alpha value is -3.07. The Morgan fingerprint density at radius 3 is 2.57 bits per heavy atom. The minimum Gasteiger partial charge on any atom is -0.383 e. The number of nitrogens with two attached hydrogens (primary N) is 1. The summed E-state index contributed by atoms with van der Waals surface area (Å²) in [5, 5.41) is 2.99. The van der Waals surface area contributed by atoms with Crippen LogP contribution in [0.3, 0.4) is 0 Å². The van der Waals surface area contributed by atoms with Crippen molar-refractivity contribution in [3.63, 3.8) is 0 Å². The molecule has 7 nitrogen and oxygen atoms in total. The molecule has 0 atom stereocenters. The van der Waals surface area contributed by atoms with Gasteiger partial charge >= 0.3 is 0 Å². The highest BCUT2D eigenvalue weighted by Gasteiger charge is 2.35. The standard InChI is InChI=1S/C19H21F2N5O2/c1-19(2,18(20)21)26-8-13(14-15(22)23-10-24-16(14)26)17(27)25-12-6-4-11(5-7-12)9-28-3/h4-8,10,18H,9H2,1-3H3,(H,25,27)(H2,22,23,24). The third kappa shape index (κ3) is 3.53. The summed E-state index contributed by atoms with van der Waals surface area (Å²) >= 11 is 0. The number of nitrogens with one attached hydrogen (secondary N) is 1. The number of halogens is 2. The van der Waals surface area contributed by atoms with Crippen LogP contribution in [0.25, 0.3) is 11.0 Å². The number of carbonyl (C=O) groups is 1. The Labute approximate surface area is 160 Å². The molecule has 2 aromatic heterocycles. The minimum absolute atomic E-state index is 0.0504. The number of aromatic nitrogens is 3. The lowest BCUT2D eigenvalue weighted by molar-refractivity contribution is 0.0301. The quantitative estimate of drug-likeness (QED) is 0.674. The van der Waals surface area contributed by atoms with Gasteiger partial charge in [0.1, 0.15) is 23.3 Å². The molecule has 0 fully saturated rings. The van der Waals surface area contributed by atoms with Gasteiger partial charge in [0.25, 0.3) is 12.3 Å². The second-order valence-corrected chi connectivity index (χ2v) is 6.91. The number of nitrogens with zero attached hydrogens (tertiary/aromatic N) is 3. The number of benzene rings is 1. The van der Waals surface area contributed by atoms with Crippen molar-refractivity contribution in [2.75, 3.05) is 18.2 Å². The van der Waals surface area contributed by atoms with Crippen LogP contribution < -0.4 is 11.1 Å². The summed E-state index contributed by atoms with van der Waals surface area (Å²) < 4.78 is 33.5. The molecule has 3 rings (SSSR count). The number of hydrogen-bond donors (Lipinski definition) is 2. The molecule has 9 heteroatoms. The normalized spacial score (nSPS) is 11.9. The second-order valence-electron chi connectivity index (χ2n) is 6.91. The lowest BCUT2D eigenvalue weighted by Crippen LogP contribution is -2.34. The molecule has 0 bridgehead atoms. The summed E-state index contributed by atoms with van der Waals surface area (Å²) in [7, 11) is 1.60. The number of rotatable bonds is 6. The highest BCUT2D eigenvalue weighted by atomic mass is 19.3. The van der Waals surface area contributed by atoms with Crippen molar-refractivity contribution in [3.8, 4) is 0 Å². The fourth-order valence-corrected chi connectivity index (χ4v) is 2.85. The summed E-state index contributed by atoms with van der Waals surface area (Å²) in [6, 6.07) is 7.10. The van der Waals surface area contributed by atoms with E-state index in [2.05, 4.69) is 15.3 Å². The van der Waals surface area contributed by atoms with E-state index in [1.54, 1.807) is 19.2 Å². The molecule has 0 aliphatic heterocycles. The van der Waals surface area contributed by atoms with Crippen molar-refractivity contribution in [2.45, 2.75) is 32.4 Å². The van der Waals surface area contributed by atoms with E-state index in [0.717, 1.165) is 5.56 Å². The van der Waals surface area contributed by atoms with Gasteiger partial charge in [-0.05, 0) is 31.5 Å². The molecule has 1 amide bonds. The van der Waals surface area contributed by atoms with Gasteiger partial charge in [-0.1, -0.05) is 12.1 Å². The fraction of sp³-hybridized carbons (Fsp3) is 0.316. The summed E-state index contributed by atoms with van der Waals surface area (Å²) in [4.78, 5) is 20.8. The number of methoxy groups -OCH3 is 1. The minimum atomic E-state index is -2.68. The molecule has 0 saturated carbocycles. The van der Waals surface area contributed by atoms with Gasteiger partial charge in [0.05, 0.1) is 17.6 Å². The van der Waals surface area contributed by atoms with E-state index >= 15 is 0 Å². The molecule has 148 valence electrons. The lowest BCUT2D eigenvalue weighted by atomic mass is 10.1. The Kier molecular flexibility index (Phi) is 5.28. The average Bonchev–Trinajstić information content (AvgIpc) is 3.05. The zero-order valence-electron chi connectivity index (χ0n) is 15.7. The van der Waals surface area contributed by atoms with Gasteiger partial charge in [0.15, 0.2) is 0 Å². The maximum atomic E-state index is 13.6. The predicted octanol–water partition coefficient (Wildman–Crippen LogP) is 3.41. The zero-order valence-corrected chi connectivity index (χ0v) is 15.7. The van der Waals surface area contributed by atoms with Crippen LogP contribution in [0.2, 0.25) is 0 Å². The van der Waals surface area contributed by atoms with Gasteiger partial charge < -0.3 is 20.4 Å². The van der Waals surface area contributed by atoms with Crippen LogP contribution in [0, 0.1) is 0 Å². The Bertz CT molecular complexity index is 999. The van der Waals surface area contributed by atoms with Gasteiger partial charge in [-0.2, -0.15) is 0 Å². The van der Waals surface area contributed by atoms with Crippen LogP contribution in [-0.2, 0) is 16.9 Å². The van der Waals surface area contributed by atoms with E-state index in [1.165, 1.54) is 30.9 Å². The molecular formula is C19H21F2N5O2. The Morgan fingerprint density at radius 2 is 1.96 bits per heavy atom. The maximum Gasteiger partial charge on any atom is 0.261 e. The molecule has 0 unspecified atom stereocenters. The molecule has 3 aromatic rings. The van der Waals surface area contributed by atoms with Crippen molar-refractivity contribution < 1.29 is 18.3 Å². The van der Waals surface area contributed by atoms with Crippen LogP contribution >= 0.6 is 0 Å². The van der Waals surface area contributed by atoms with Gasteiger partial charge in [-0.25, -0.2) is 18.7 Å². The third-order valence-electron chi connectivity index (χ3n) is 4.53. The highest BCUT2D eigenvalue weighted by Crippen LogP contribution is 2.32. The third-order valence-corrected chi connectivity index (χ3v) is 4.53. The van der Waals surface area contributed by atoms with E-state index < -0.39 is 17.9 Å². The predicted molar refractivity (Wildman–Crippen MR) is 102 cm³/mol. The van der Waals surface area contributed by atoms with E-state index in [-0.39, 0.29) is 22.4 Å². The van der Waals surface area contributed by atoms with Crippen LogP contribution in [0.15, 0.2) is 36.8 Å². The number of ether oxygens (including phenoxy) is 1. The molecule has 0 radical (unpaired) electrons. The highest BCUT2D eigenvalue weighted by molar-refractivity contribution is 6.14. The molecule has 3 N–H and O–H groups in total. The molecule has 2 heterocycles. The van der Waals surface area contributed by atoms with Gasteiger partial charge in [-0.3, -0.25) is 4.79 Å². The smallest absolute Gasteiger partial charge is 0.261 e. The zero-order chi connectivity index (χ0) is 20.5. The van der Waals surface area contributed by atoms with Gasteiger partial charge in [-0.15, -0.1) is 0 Å². The fourth-order valence-electron chi connectivity index (χ4n) is 2.85. The van der Waals surface area contributed by atoms with Gasteiger partial charge in [0, 0.05) is 19.0 Å². The number of amides is 1. The van der Waals surface area contributed by atoms with Crippen molar-refractivity contribution in [1.82, 2.24) is 14.5 Å². The molecule has 0 spiro atoms. The largest absolute Gasteiger partial charge is 0.383 e. The van der Waals surface area contributed by atoms with E-state index in [9.17, 15) is 13.6 Å². The van der Waals surface area contributed by atoms with E-state index in [0.29, 0.717) is 12.3 Å². The molecule has 28 heavy (non-hydrogen) atoms. The molecule has 1 aromatic carbocycles. The van der Waals surface area contributed by atoms with E-state index in [1.807, 2.05) is 12.1 Å². The van der Waals surface area contributed by atoms with Crippen molar-refractivity contribution in [3.05, 3.63) is 47.9 Å². The number of nitrogen functional groups attached to an aromatic ring is 1. The average molecular weight is 389 g/mol. The van der Waals surface area contributed by atoms with Crippen molar-refractivity contribution in [1.29, 1.82) is 0 Å². The topological polar surface area (TPSA) is 95.1 Å². The number of anilines is 2. The first-order valence-electron chi connectivity index (χ1n) is 8.55. The number of carbonyl (C=O) groups excluding carboxylic acids is 1. The van der Waals surface area contributed by atoms with E-state index in [4.69, 9.17) is 10.5 Å². The summed E-state index contributed by atoms with van der Waals surface area (Å²) in [6.07, 6.45) is -0.147. The lowest BCUT2D eigenvalue weighted by Gasteiger charge is -2.26. The first-order chi connectivity index (χ1) is 13.3. The number of fused-ring (bicyclic) bond motifs is 1. The Morgan fingerprint density at radius 1 is 1.29 bits per heavy atom. The summed E-state index contributed by atoms with van der Waals surface area (Å²) in [5.41, 5.74) is 6.15. The SMILES string of the molecule is COCc1ccc(NC(=O)c2cn(C(C)(C)C(F)F)c3ncnc(N)c23)cc1. The maximum absolute atomic E-state index is 13.6. The summed E-state index contributed by atoms with van der Waals surface area (Å²) in [6.45, 7) is 3.19. The number of hydrogen-bond acceptors (Lipinski definition) is 5. The summed E-state index contributed by atoms with van der Waals surface area (Å²) in [5.74, 6) is -0.441. The first kappa shape index (κ1) is 19.7.